The van der Waals surface area contributed by atoms with Crippen LogP contribution in [0.2, 0.25) is 0 Å². The molecule has 0 unspecified atom stereocenters. The Balaban J connectivity index is 1.52. The highest BCUT2D eigenvalue weighted by Gasteiger charge is 2.27. The summed E-state index contributed by atoms with van der Waals surface area (Å²) in [6.45, 7) is 0.910. The summed E-state index contributed by atoms with van der Waals surface area (Å²) >= 11 is 1.52. The zero-order chi connectivity index (χ0) is 24.8. The molecular formula is C25H26N2O7S. The highest BCUT2D eigenvalue weighted by Crippen LogP contribution is 2.27. The zero-order valence-corrected chi connectivity index (χ0v) is 20.3. The van der Waals surface area contributed by atoms with Crippen LogP contribution in [0.15, 0.2) is 52.6 Å². The summed E-state index contributed by atoms with van der Waals surface area (Å²) in [7, 11) is 2.82. The van der Waals surface area contributed by atoms with Gasteiger partial charge in [-0.1, -0.05) is 18.2 Å². The SMILES string of the molecule is COC(=O)c1c(OCc2cccs2)cc(=O)n2c1CCN(C(=O)COc1ccccc1OC)CC2. The van der Waals surface area contributed by atoms with Crippen molar-refractivity contribution in [2.24, 2.45) is 0 Å². The molecule has 0 aliphatic carbocycles. The quantitative estimate of drug-likeness (QED) is 0.441. The number of hydrogen-bond donors (Lipinski definition) is 0. The number of carbonyl (C=O) groups excluding carboxylic acids is 2. The molecule has 10 heteroatoms. The van der Waals surface area contributed by atoms with Crippen molar-refractivity contribution in [1.29, 1.82) is 0 Å². The van der Waals surface area contributed by atoms with Gasteiger partial charge in [0.1, 0.15) is 17.9 Å². The second kappa shape index (κ2) is 11.1. The van der Waals surface area contributed by atoms with Crippen LogP contribution in [-0.2, 0) is 29.1 Å². The Morgan fingerprint density at radius 1 is 0.971 bits per heavy atom. The summed E-state index contributed by atoms with van der Waals surface area (Å²) in [5, 5.41) is 1.93. The van der Waals surface area contributed by atoms with E-state index in [1.54, 1.807) is 23.1 Å². The number of esters is 1. The number of rotatable bonds is 8. The van der Waals surface area contributed by atoms with E-state index in [1.165, 1.54) is 36.2 Å². The Morgan fingerprint density at radius 3 is 2.49 bits per heavy atom. The van der Waals surface area contributed by atoms with Gasteiger partial charge in [0.2, 0.25) is 0 Å². The number of ether oxygens (including phenoxy) is 4. The number of fused-ring (bicyclic) bond motifs is 1. The number of carbonyl (C=O) groups is 2. The largest absolute Gasteiger partial charge is 0.493 e. The molecule has 35 heavy (non-hydrogen) atoms. The number of nitrogens with zero attached hydrogens (tertiary/aromatic N) is 2. The number of para-hydroxylation sites is 2. The highest BCUT2D eigenvalue weighted by atomic mass is 32.1. The molecule has 9 nitrogen and oxygen atoms in total. The fraction of sp³-hybridized carbons (Fsp3) is 0.320. The third kappa shape index (κ3) is 5.48. The second-order valence-electron chi connectivity index (χ2n) is 7.75. The van der Waals surface area contributed by atoms with Gasteiger partial charge in [0.15, 0.2) is 18.1 Å². The van der Waals surface area contributed by atoms with Crippen molar-refractivity contribution >= 4 is 23.2 Å². The maximum absolute atomic E-state index is 12.9. The topological polar surface area (TPSA) is 96.3 Å². The molecule has 2 aromatic heterocycles. The Labute approximate surface area is 206 Å². The summed E-state index contributed by atoms with van der Waals surface area (Å²) in [6, 6.07) is 12.2. The average molecular weight is 499 g/mol. The molecule has 0 fully saturated rings. The maximum atomic E-state index is 12.9. The summed E-state index contributed by atoms with van der Waals surface area (Å²) in [6.07, 6.45) is 0.288. The van der Waals surface area contributed by atoms with Crippen molar-refractivity contribution < 1.29 is 28.5 Å². The standard InChI is InChI=1S/C25H26N2O7S/c1-31-19-7-3-4-8-20(19)34-16-23(29)26-10-9-18-24(25(30)32-2)21(14-22(28)27(18)12-11-26)33-15-17-6-5-13-35-17/h3-8,13-14H,9-12,15-16H2,1-2H3. The van der Waals surface area contributed by atoms with Gasteiger partial charge in [0.05, 0.1) is 14.2 Å². The van der Waals surface area contributed by atoms with Gasteiger partial charge in [-0.15, -0.1) is 11.3 Å². The predicted octanol–water partition coefficient (Wildman–Crippen LogP) is 2.75. The lowest BCUT2D eigenvalue weighted by Gasteiger charge is -2.20. The van der Waals surface area contributed by atoms with Crippen molar-refractivity contribution in [1.82, 2.24) is 9.47 Å². The number of hydrogen-bond acceptors (Lipinski definition) is 8. The van der Waals surface area contributed by atoms with Crippen LogP contribution < -0.4 is 19.8 Å². The van der Waals surface area contributed by atoms with Crippen molar-refractivity contribution in [2.45, 2.75) is 19.6 Å². The van der Waals surface area contributed by atoms with Crippen LogP contribution in [0.5, 0.6) is 17.2 Å². The highest BCUT2D eigenvalue weighted by molar-refractivity contribution is 7.09. The Kier molecular flexibility index (Phi) is 7.71. The molecule has 3 aromatic rings. The van der Waals surface area contributed by atoms with Gasteiger partial charge in [0, 0.05) is 42.7 Å². The summed E-state index contributed by atoms with van der Waals surface area (Å²) in [5.74, 6) is 0.367. The first-order valence-corrected chi connectivity index (χ1v) is 11.9. The van der Waals surface area contributed by atoms with E-state index in [9.17, 15) is 14.4 Å². The van der Waals surface area contributed by atoms with Gasteiger partial charge in [-0.25, -0.2) is 4.79 Å². The number of amides is 1. The van der Waals surface area contributed by atoms with E-state index in [-0.39, 0.29) is 49.0 Å². The molecule has 3 heterocycles. The minimum atomic E-state index is -0.589. The van der Waals surface area contributed by atoms with Crippen LogP contribution in [0, 0.1) is 0 Å². The lowest BCUT2D eigenvalue weighted by molar-refractivity contribution is -0.133. The molecule has 1 aliphatic rings. The normalized spacial score (nSPS) is 12.9. The smallest absolute Gasteiger partial charge is 0.343 e. The van der Waals surface area contributed by atoms with E-state index >= 15 is 0 Å². The number of pyridine rings is 1. The molecule has 1 amide bonds. The van der Waals surface area contributed by atoms with Crippen LogP contribution in [0.3, 0.4) is 0 Å². The van der Waals surface area contributed by atoms with Crippen LogP contribution in [0.4, 0.5) is 0 Å². The molecule has 0 N–H and O–H groups in total. The number of methoxy groups -OCH3 is 2. The van der Waals surface area contributed by atoms with E-state index in [4.69, 9.17) is 18.9 Å². The van der Waals surface area contributed by atoms with Gasteiger partial charge < -0.3 is 28.4 Å². The molecular weight excluding hydrogens is 472 g/mol. The molecule has 0 saturated carbocycles. The Hall–Kier alpha value is -3.79. The number of thiophene rings is 1. The molecule has 0 saturated heterocycles. The zero-order valence-electron chi connectivity index (χ0n) is 19.5. The summed E-state index contributed by atoms with van der Waals surface area (Å²) in [4.78, 5) is 41.1. The van der Waals surface area contributed by atoms with Crippen molar-refractivity contribution in [3.8, 4) is 17.2 Å². The fourth-order valence-corrected chi connectivity index (χ4v) is 4.56. The molecule has 0 spiro atoms. The van der Waals surface area contributed by atoms with E-state index in [1.807, 2.05) is 23.6 Å². The molecule has 1 aliphatic heterocycles. The number of aromatic nitrogens is 1. The first-order valence-electron chi connectivity index (χ1n) is 11.1. The molecule has 184 valence electrons. The maximum Gasteiger partial charge on any atom is 0.343 e. The Morgan fingerprint density at radius 2 is 1.77 bits per heavy atom. The van der Waals surface area contributed by atoms with Crippen molar-refractivity contribution in [3.05, 3.63) is 74.3 Å². The van der Waals surface area contributed by atoms with E-state index < -0.39 is 5.97 Å². The first-order chi connectivity index (χ1) is 17.0. The molecule has 4 rings (SSSR count). The minimum absolute atomic E-state index is 0.176. The Bertz CT molecular complexity index is 1250. The average Bonchev–Trinajstić information content (AvgIpc) is 3.30. The van der Waals surface area contributed by atoms with Crippen molar-refractivity contribution in [2.75, 3.05) is 33.9 Å². The van der Waals surface area contributed by atoms with E-state index in [2.05, 4.69) is 0 Å². The van der Waals surface area contributed by atoms with Gasteiger partial charge in [-0.3, -0.25) is 9.59 Å². The molecule has 0 atom stereocenters. The van der Waals surface area contributed by atoms with Gasteiger partial charge in [-0.05, 0) is 23.6 Å². The second-order valence-corrected chi connectivity index (χ2v) is 8.78. The minimum Gasteiger partial charge on any atom is -0.493 e. The van der Waals surface area contributed by atoms with Gasteiger partial charge >= 0.3 is 5.97 Å². The van der Waals surface area contributed by atoms with Gasteiger partial charge in [0.25, 0.3) is 11.5 Å². The van der Waals surface area contributed by atoms with Crippen LogP contribution >= 0.6 is 11.3 Å². The fourth-order valence-electron chi connectivity index (χ4n) is 3.95. The van der Waals surface area contributed by atoms with Crippen LogP contribution in [-0.4, -0.2) is 55.3 Å². The summed E-state index contributed by atoms with van der Waals surface area (Å²) in [5.41, 5.74) is 0.406. The predicted molar refractivity (Wildman–Crippen MR) is 129 cm³/mol. The molecule has 0 bridgehead atoms. The molecule has 1 aromatic carbocycles. The number of benzene rings is 1. The lowest BCUT2D eigenvalue weighted by Crippen LogP contribution is -2.37. The van der Waals surface area contributed by atoms with Crippen molar-refractivity contribution in [3.63, 3.8) is 0 Å². The molecule has 0 radical (unpaired) electrons. The lowest BCUT2D eigenvalue weighted by atomic mass is 10.1. The first kappa shape index (κ1) is 24.3. The monoisotopic (exact) mass is 498 g/mol. The van der Waals surface area contributed by atoms with Gasteiger partial charge in [-0.2, -0.15) is 0 Å². The van der Waals surface area contributed by atoms with Crippen LogP contribution in [0.25, 0.3) is 0 Å². The summed E-state index contributed by atoms with van der Waals surface area (Å²) < 4.78 is 23.3. The van der Waals surface area contributed by atoms with Crippen LogP contribution in [0.1, 0.15) is 20.9 Å². The van der Waals surface area contributed by atoms with E-state index in [0.29, 0.717) is 30.3 Å². The third-order valence-corrected chi connectivity index (χ3v) is 6.56. The van der Waals surface area contributed by atoms with E-state index in [0.717, 1.165) is 4.88 Å². The third-order valence-electron chi connectivity index (χ3n) is 5.71.